The predicted molar refractivity (Wildman–Crippen MR) is 91.4 cm³/mol. The van der Waals surface area contributed by atoms with Gasteiger partial charge in [-0.1, -0.05) is 6.07 Å². The number of pyridine rings is 1. The summed E-state index contributed by atoms with van der Waals surface area (Å²) in [4.78, 5) is 26.7. The van der Waals surface area contributed by atoms with Crippen LogP contribution in [0.2, 0.25) is 0 Å². The van der Waals surface area contributed by atoms with Crippen LogP contribution in [0.15, 0.2) is 48.7 Å². The SMILES string of the molecule is CC(C)(NC(=O)CCCc1ccccn1)c1ccc([N+](=O)[O-])cc1. The van der Waals surface area contributed by atoms with E-state index in [9.17, 15) is 14.9 Å². The van der Waals surface area contributed by atoms with Crippen molar-refractivity contribution in [1.29, 1.82) is 0 Å². The molecule has 0 aliphatic carbocycles. The van der Waals surface area contributed by atoms with E-state index in [2.05, 4.69) is 10.3 Å². The smallest absolute Gasteiger partial charge is 0.269 e. The normalized spacial score (nSPS) is 11.1. The number of nitrogens with one attached hydrogen (secondary N) is 1. The summed E-state index contributed by atoms with van der Waals surface area (Å²) in [5, 5.41) is 13.7. The number of nitro benzene ring substituents is 1. The molecule has 1 N–H and O–H groups in total. The summed E-state index contributed by atoms with van der Waals surface area (Å²) in [6.07, 6.45) is 3.63. The number of carbonyl (C=O) groups is 1. The second kappa shape index (κ2) is 7.68. The Morgan fingerprint density at radius 1 is 1.21 bits per heavy atom. The van der Waals surface area contributed by atoms with Gasteiger partial charge in [0.1, 0.15) is 0 Å². The number of nitrogens with zero attached hydrogens (tertiary/aromatic N) is 2. The molecule has 0 unspecified atom stereocenters. The maximum atomic E-state index is 12.2. The molecule has 0 saturated heterocycles. The Morgan fingerprint density at radius 3 is 2.50 bits per heavy atom. The molecule has 1 amide bonds. The van der Waals surface area contributed by atoms with Crippen LogP contribution in [-0.4, -0.2) is 15.8 Å². The second-order valence-electron chi connectivity index (χ2n) is 6.15. The van der Waals surface area contributed by atoms with Crippen molar-refractivity contribution in [2.75, 3.05) is 0 Å². The number of nitro groups is 1. The van der Waals surface area contributed by atoms with Crippen LogP contribution in [-0.2, 0) is 16.8 Å². The first kappa shape index (κ1) is 17.6. The van der Waals surface area contributed by atoms with Crippen molar-refractivity contribution in [1.82, 2.24) is 10.3 Å². The third-order valence-electron chi connectivity index (χ3n) is 3.81. The first-order chi connectivity index (χ1) is 11.4. The van der Waals surface area contributed by atoms with Crippen LogP contribution in [0.3, 0.4) is 0 Å². The number of hydrogen-bond acceptors (Lipinski definition) is 4. The Morgan fingerprint density at radius 2 is 1.92 bits per heavy atom. The predicted octanol–water partition coefficient (Wildman–Crippen LogP) is 3.36. The summed E-state index contributed by atoms with van der Waals surface area (Å²) in [7, 11) is 0. The lowest BCUT2D eigenvalue weighted by atomic mass is 9.93. The minimum Gasteiger partial charge on any atom is -0.347 e. The van der Waals surface area contributed by atoms with Crippen molar-refractivity contribution in [3.05, 3.63) is 70.0 Å². The van der Waals surface area contributed by atoms with Crippen LogP contribution in [0, 0.1) is 10.1 Å². The van der Waals surface area contributed by atoms with Crippen molar-refractivity contribution in [2.24, 2.45) is 0 Å². The van der Waals surface area contributed by atoms with Crippen molar-refractivity contribution >= 4 is 11.6 Å². The van der Waals surface area contributed by atoms with Crippen LogP contribution in [0.5, 0.6) is 0 Å². The third-order valence-corrected chi connectivity index (χ3v) is 3.81. The average Bonchev–Trinajstić information content (AvgIpc) is 2.55. The van der Waals surface area contributed by atoms with E-state index in [1.807, 2.05) is 32.0 Å². The highest BCUT2D eigenvalue weighted by Gasteiger charge is 2.23. The number of amides is 1. The standard InChI is InChI=1S/C18H21N3O3/c1-18(2,14-9-11-16(12-10-14)21(23)24)20-17(22)8-5-7-15-6-3-4-13-19-15/h3-4,6,9-13H,5,7-8H2,1-2H3,(H,20,22). The molecular weight excluding hydrogens is 306 g/mol. The monoisotopic (exact) mass is 327 g/mol. The molecule has 2 rings (SSSR count). The highest BCUT2D eigenvalue weighted by molar-refractivity contribution is 5.77. The highest BCUT2D eigenvalue weighted by Crippen LogP contribution is 2.23. The van der Waals surface area contributed by atoms with Crippen molar-refractivity contribution < 1.29 is 9.72 Å². The molecule has 6 nitrogen and oxygen atoms in total. The quantitative estimate of drug-likeness (QED) is 0.624. The van der Waals surface area contributed by atoms with E-state index in [-0.39, 0.29) is 11.6 Å². The van der Waals surface area contributed by atoms with Gasteiger partial charge >= 0.3 is 0 Å². The van der Waals surface area contributed by atoms with Gasteiger partial charge in [0.2, 0.25) is 5.91 Å². The molecule has 24 heavy (non-hydrogen) atoms. The van der Waals surface area contributed by atoms with Gasteiger partial charge in [0.25, 0.3) is 5.69 Å². The number of rotatable bonds is 7. The molecule has 1 aromatic carbocycles. The molecule has 0 radical (unpaired) electrons. The Bertz CT molecular complexity index is 697. The average molecular weight is 327 g/mol. The topological polar surface area (TPSA) is 85.1 Å². The van der Waals surface area contributed by atoms with Gasteiger partial charge in [0.05, 0.1) is 10.5 Å². The number of aromatic nitrogens is 1. The Hall–Kier alpha value is -2.76. The molecule has 1 heterocycles. The van der Waals surface area contributed by atoms with E-state index in [1.54, 1.807) is 18.3 Å². The van der Waals surface area contributed by atoms with Gasteiger partial charge in [-0.2, -0.15) is 0 Å². The van der Waals surface area contributed by atoms with E-state index < -0.39 is 10.5 Å². The molecule has 0 saturated carbocycles. The van der Waals surface area contributed by atoms with Crippen LogP contribution in [0.4, 0.5) is 5.69 Å². The number of carbonyl (C=O) groups excluding carboxylic acids is 1. The highest BCUT2D eigenvalue weighted by atomic mass is 16.6. The van der Waals surface area contributed by atoms with Gasteiger partial charge in [-0.05, 0) is 56.5 Å². The zero-order valence-corrected chi connectivity index (χ0v) is 13.9. The summed E-state index contributed by atoms with van der Waals surface area (Å²) in [5.74, 6) is -0.0470. The number of aryl methyl sites for hydroxylation is 1. The Balaban J connectivity index is 1.88. The fraction of sp³-hybridized carbons (Fsp3) is 0.333. The van der Waals surface area contributed by atoms with Crippen LogP contribution >= 0.6 is 0 Å². The van der Waals surface area contributed by atoms with Gasteiger partial charge in [0.15, 0.2) is 0 Å². The molecule has 0 fully saturated rings. The van der Waals surface area contributed by atoms with Crippen molar-refractivity contribution in [3.63, 3.8) is 0 Å². The van der Waals surface area contributed by atoms with Gasteiger partial charge < -0.3 is 5.32 Å². The summed E-state index contributed by atoms with van der Waals surface area (Å²) in [6.45, 7) is 3.76. The van der Waals surface area contributed by atoms with Gasteiger partial charge in [-0.3, -0.25) is 19.9 Å². The Labute approximate surface area is 141 Å². The molecule has 126 valence electrons. The van der Waals surface area contributed by atoms with Crippen LogP contribution < -0.4 is 5.32 Å². The summed E-state index contributed by atoms with van der Waals surface area (Å²) in [5.41, 5.74) is 1.25. The number of hydrogen-bond donors (Lipinski definition) is 1. The first-order valence-corrected chi connectivity index (χ1v) is 7.84. The Kier molecular flexibility index (Phi) is 5.63. The molecule has 1 aromatic heterocycles. The molecular formula is C18H21N3O3. The zero-order chi connectivity index (χ0) is 17.6. The molecule has 0 bridgehead atoms. The van der Waals surface area contributed by atoms with Gasteiger partial charge in [-0.15, -0.1) is 0 Å². The second-order valence-corrected chi connectivity index (χ2v) is 6.15. The molecule has 0 aliphatic rings. The van der Waals surface area contributed by atoms with Crippen molar-refractivity contribution in [2.45, 2.75) is 38.6 Å². The third kappa shape index (κ3) is 4.87. The van der Waals surface area contributed by atoms with Gasteiger partial charge in [-0.25, -0.2) is 0 Å². The molecule has 0 aliphatic heterocycles. The largest absolute Gasteiger partial charge is 0.347 e. The fourth-order valence-electron chi connectivity index (χ4n) is 2.46. The molecule has 0 spiro atoms. The number of benzene rings is 1. The maximum Gasteiger partial charge on any atom is 0.269 e. The minimum atomic E-state index is -0.586. The van der Waals surface area contributed by atoms with E-state index in [4.69, 9.17) is 0 Å². The maximum absolute atomic E-state index is 12.2. The lowest BCUT2D eigenvalue weighted by Crippen LogP contribution is -2.40. The van der Waals surface area contributed by atoms with E-state index in [0.717, 1.165) is 24.1 Å². The lowest BCUT2D eigenvalue weighted by Gasteiger charge is -2.27. The van der Waals surface area contributed by atoms with E-state index >= 15 is 0 Å². The zero-order valence-electron chi connectivity index (χ0n) is 13.9. The summed E-state index contributed by atoms with van der Waals surface area (Å²) >= 11 is 0. The fourth-order valence-corrected chi connectivity index (χ4v) is 2.46. The minimum absolute atomic E-state index is 0.0382. The first-order valence-electron chi connectivity index (χ1n) is 7.84. The molecule has 0 atom stereocenters. The number of non-ortho nitro benzene ring substituents is 1. The van der Waals surface area contributed by atoms with E-state index in [1.165, 1.54) is 12.1 Å². The van der Waals surface area contributed by atoms with Crippen LogP contribution in [0.1, 0.15) is 37.9 Å². The summed E-state index contributed by atoms with van der Waals surface area (Å²) in [6, 6.07) is 12.0. The van der Waals surface area contributed by atoms with Gasteiger partial charge in [0, 0.05) is 30.4 Å². The summed E-state index contributed by atoms with van der Waals surface area (Å²) < 4.78 is 0. The van der Waals surface area contributed by atoms with Crippen LogP contribution in [0.25, 0.3) is 0 Å². The lowest BCUT2D eigenvalue weighted by molar-refractivity contribution is -0.384. The van der Waals surface area contributed by atoms with Crippen molar-refractivity contribution in [3.8, 4) is 0 Å². The molecule has 6 heteroatoms. The van der Waals surface area contributed by atoms with E-state index in [0.29, 0.717) is 6.42 Å². The molecule has 2 aromatic rings.